The van der Waals surface area contributed by atoms with Crippen LogP contribution >= 0.6 is 0 Å². The van der Waals surface area contributed by atoms with Crippen LogP contribution in [0.4, 0.5) is 5.69 Å². The molecular weight excluding hydrogens is 304 g/mol. The number of rotatable bonds is 8. The molecule has 5 heteroatoms. The Morgan fingerprint density at radius 1 is 1.08 bits per heavy atom. The number of hydrogen-bond donors (Lipinski definition) is 2. The molecular formula is C19H24N2O3. The molecule has 0 aliphatic carbocycles. The molecule has 2 rings (SSSR count). The van der Waals surface area contributed by atoms with Gasteiger partial charge in [-0.25, -0.2) is 0 Å². The Morgan fingerprint density at radius 3 is 2.50 bits per heavy atom. The number of ether oxygens (including phenoxy) is 2. The fraction of sp³-hybridized carbons (Fsp3) is 0.316. The molecule has 128 valence electrons. The van der Waals surface area contributed by atoms with Crippen LogP contribution in [0.15, 0.2) is 48.5 Å². The number of carbonyl (C=O) groups excluding carboxylic acids is 1. The molecule has 0 fully saturated rings. The molecule has 1 unspecified atom stereocenters. The first-order valence-corrected chi connectivity index (χ1v) is 7.91. The summed E-state index contributed by atoms with van der Waals surface area (Å²) in [6, 6.07) is 15.5. The average Bonchev–Trinajstić information content (AvgIpc) is 2.61. The van der Waals surface area contributed by atoms with Crippen LogP contribution in [-0.2, 0) is 11.3 Å². The third-order valence-corrected chi connectivity index (χ3v) is 3.67. The quantitative estimate of drug-likeness (QED) is 0.781. The van der Waals surface area contributed by atoms with E-state index >= 15 is 0 Å². The van der Waals surface area contributed by atoms with Crippen LogP contribution in [0.25, 0.3) is 0 Å². The molecule has 0 saturated carbocycles. The molecule has 0 radical (unpaired) electrons. The van der Waals surface area contributed by atoms with E-state index in [1.54, 1.807) is 32.4 Å². The number of carbonyl (C=O) groups is 1. The van der Waals surface area contributed by atoms with Crippen molar-refractivity contribution in [3.63, 3.8) is 0 Å². The van der Waals surface area contributed by atoms with E-state index in [1.807, 2.05) is 25.1 Å². The smallest absolute Gasteiger partial charge is 0.226 e. The van der Waals surface area contributed by atoms with E-state index in [1.165, 1.54) is 5.56 Å². The minimum atomic E-state index is -0.0634. The van der Waals surface area contributed by atoms with Gasteiger partial charge in [0, 0.05) is 25.1 Å². The fourth-order valence-corrected chi connectivity index (χ4v) is 2.34. The van der Waals surface area contributed by atoms with Crippen LogP contribution in [-0.4, -0.2) is 26.2 Å². The molecule has 2 N–H and O–H groups in total. The first-order valence-electron chi connectivity index (χ1n) is 7.91. The number of nitrogens with one attached hydrogen (secondary N) is 2. The first kappa shape index (κ1) is 17.8. The highest BCUT2D eigenvalue weighted by molar-refractivity contribution is 5.92. The largest absolute Gasteiger partial charge is 0.497 e. The SMILES string of the molecule is COc1ccc(NC(=O)CC(C)NCc2ccccc2)c(OC)c1. The maximum absolute atomic E-state index is 12.2. The monoisotopic (exact) mass is 328 g/mol. The normalized spacial score (nSPS) is 11.6. The van der Waals surface area contributed by atoms with E-state index in [2.05, 4.69) is 22.8 Å². The van der Waals surface area contributed by atoms with Crippen LogP contribution in [0.3, 0.4) is 0 Å². The predicted molar refractivity (Wildman–Crippen MR) is 95.5 cm³/mol. The van der Waals surface area contributed by atoms with Crippen molar-refractivity contribution in [1.82, 2.24) is 5.32 Å². The highest BCUT2D eigenvalue weighted by Crippen LogP contribution is 2.29. The van der Waals surface area contributed by atoms with Crippen molar-refractivity contribution in [1.29, 1.82) is 0 Å². The molecule has 0 spiro atoms. The standard InChI is InChI=1S/C19H24N2O3/c1-14(20-13-15-7-5-4-6-8-15)11-19(22)21-17-10-9-16(23-2)12-18(17)24-3/h4-10,12,14,20H,11,13H2,1-3H3,(H,21,22). The van der Waals surface area contributed by atoms with Crippen molar-refractivity contribution < 1.29 is 14.3 Å². The number of anilines is 1. The highest BCUT2D eigenvalue weighted by Gasteiger charge is 2.12. The van der Waals surface area contributed by atoms with Crippen LogP contribution in [0.2, 0.25) is 0 Å². The van der Waals surface area contributed by atoms with Crippen molar-refractivity contribution in [2.24, 2.45) is 0 Å². The molecule has 0 aromatic heterocycles. The van der Waals surface area contributed by atoms with Crippen molar-refractivity contribution in [3.8, 4) is 11.5 Å². The second-order valence-corrected chi connectivity index (χ2v) is 5.59. The Labute approximate surface area is 143 Å². The van der Waals surface area contributed by atoms with Crippen molar-refractivity contribution in [2.75, 3.05) is 19.5 Å². The summed E-state index contributed by atoms with van der Waals surface area (Å²) in [5.74, 6) is 1.20. The molecule has 2 aromatic carbocycles. The molecule has 0 bridgehead atoms. The summed E-state index contributed by atoms with van der Waals surface area (Å²) >= 11 is 0. The Bertz CT molecular complexity index is 659. The number of amides is 1. The molecule has 0 aliphatic heterocycles. The second kappa shape index (κ2) is 8.93. The summed E-state index contributed by atoms with van der Waals surface area (Å²) in [4.78, 5) is 12.2. The summed E-state index contributed by atoms with van der Waals surface area (Å²) < 4.78 is 10.4. The maximum atomic E-state index is 12.2. The average molecular weight is 328 g/mol. The second-order valence-electron chi connectivity index (χ2n) is 5.59. The predicted octanol–water partition coefficient (Wildman–Crippen LogP) is 3.21. The topological polar surface area (TPSA) is 59.6 Å². The van der Waals surface area contributed by atoms with E-state index in [9.17, 15) is 4.79 Å². The molecule has 0 aliphatic rings. The van der Waals surface area contributed by atoms with Gasteiger partial charge in [-0.1, -0.05) is 30.3 Å². The Kier molecular flexibility index (Phi) is 6.63. The highest BCUT2D eigenvalue weighted by atomic mass is 16.5. The van der Waals surface area contributed by atoms with Gasteiger partial charge < -0.3 is 20.1 Å². The molecule has 1 amide bonds. The number of methoxy groups -OCH3 is 2. The minimum Gasteiger partial charge on any atom is -0.497 e. The van der Waals surface area contributed by atoms with E-state index in [0.717, 1.165) is 6.54 Å². The molecule has 0 saturated heterocycles. The van der Waals surface area contributed by atoms with Crippen molar-refractivity contribution in [3.05, 3.63) is 54.1 Å². The molecule has 24 heavy (non-hydrogen) atoms. The van der Waals surface area contributed by atoms with Crippen LogP contribution in [0.5, 0.6) is 11.5 Å². The Morgan fingerprint density at radius 2 is 1.83 bits per heavy atom. The minimum absolute atomic E-state index is 0.0634. The lowest BCUT2D eigenvalue weighted by Crippen LogP contribution is -2.30. The van der Waals surface area contributed by atoms with E-state index < -0.39 is 0 Å². The van der Waals surface area contributed by atoms with Gasteiger partial charge in [-0.15, -0.1) is 0 Å². The fourth-order valence-electron chi connectivity index (χ4n) is 2.34. The van der Waals surface area contributed by atoms with E-state index in [-0.39, 0.29) is 11.9 Å². The lowest BCUT2D eigenvalue weighted by atomic mass is 10.2. The first-order chi connectivity index (χ1) is 11.6. The Hall–Kier alpha value is -2.53. The van der Waals surface area contributed by atoms with Crippen molar-refractivity contribution in [2.45, 2.75) is 25.9 Å². The summed E-state index contributed by atoms with van der Waals surface area (Å²) in [6.45, 7) is 2.73. The van der Waals surface area contributed by atoms with Crippen LogP contribution < -0.4 is 20.1 Å². The van der Waals surface area contributed by atoms with Crippen molar-refractivity contribution >= 4 is 11.6 Å². The summed E-state index contributed by atoms with van der Waals surface area (Å²) in [5, 5.41) is 6.23. The van der Waals surface area contributed by atoms with Gasteiger partial charge in [-0.05, 0) is 24.6 Å². The van der Waals surface area contributed by atoms with Crippen LogP contribution in [0.1, 0.15) is 18.9 Å². The van der Waals surface area contributed by atoms with Gasteiger partial charge in [0.15, 0.2) is 0 Å². The van der Waals surface area contributed by atoms with E-state index in [4.69, 9.17) is 9.47 Å². The van der Waals surface area contributed by atoms with Gasteiger partial charge in [-0.2, -0.15) is 0 Å². The molecule has 5 nitrogen and oxygen atoms in total. The summed E-state index contributed by atoms with van der Waals surface area (Å²) in [7, 11) is 3.15. The molecule has 2 aromatic rings. The van der Waals surface area contributed by atoms with Gasteiger partial charge in [0.1, 0.15) is 11.5 Å². The summed E-state index contributed by atoms with van der Waals surface area (Å²) in [6.07, 6.45) is 0.377. The maximum Gasteiger partial charge on any atom is 0.226 e. The van der Waals surface area contributed by atoms with Gasteiger partial charge >= 0.3 is 0 Å². The molecule has 1 atom stereocenters. The number of benzene rings is 2. The lowest BCUT2D eigenvalue weighted by molar-refractivity contribution is -0.116. The zero-order chi connectivity index (χ0) is 17.4. The van der Waals surface area contributed by atoms with Gasteiger partial charge in [0.2, 0.25) is 5.91 Å². The van der Waals surface area contributed by atoms with Crippen LogP contribution in [0, 0.1) is 0 Å². The Balaban J connectivity index is 1.86. The summed E-state index contributed by atoms with van der Waals surface area (Å²) in [5.41, 5.74) is 1.83. The molecule has 0 heterocycles. The van der Waals surface area contributed by atoms with Gasteiger partial charge in [0.25, 0.3) is 0 Å². The number of hydrogen-bond acceptors (Lipinski definition) is 4. The zero-order valence-corrected chi connectivity index (χ0v) is 14.3. The third kappa shape index (κ3) is 5.28. The zero-order valence-electron chi connectivity index (χ0n) is 14.3. The van der Waals surface area contributed by atoms with Gasteiger partial charge in [0.05, 0.1) is 19.9 Å². The van der Waals surface area contributed by atoms with Gasteiger partial charge in [-0.3, -0.25) is 4.79 Å². The third-order valence-electron chi connectivity index (χ3n) is 3.67. The lowest BCUT2D eigenvalue weighted by Gasteiger charge is -2.15. The van der Waals surface area contributed by atoms with E-state index in [0.29, 0.717) is 23.6 Å².